The number of hydrogen-bond acceptors (Lipinski definition) is 2. The van der Waals surface area contributed by atoms with Crippen LogP contribution in [-0.4, -0.2) is 35.0 Å². The molecule has 18 heavy (non-hydrogen) atoms. The van der Waals surface area contributed by atoms with E-state index in [1.807, 2.05) is 4.90 Å². The number of fused-ring (bicyclic) bond motifs is 1. The Labute approximate surface area is 107 Å². The number of amides is 1. The summed E-state index contributed by atoms with van der Waals surface area (Å²) in [5, 5.41) is 9.27. The number of carboxylic acid groups (broad SMARTS) is 1. The van der Waals surface area contributed by atoms with Crippen molar-refractivity contribution in [1.29, 1.82) is 0 Å². The minimum absolute atomic E-state index is 0.185. The summed E-state index contributed by atoms with van der Waals surface area (Å²) in [6.07, 6.45) is 4.90. The summed E-state index contributed by atoms with van der Waals surface area (Å²) in [7, 11) is 0. The van der Waals surface area contributed by atoms with Crippen LogP contribution < -0.4 is 0 Å². The van der Waals surface area contributed by atoms with Gasteiger partial charge in [0.2, 0.25) is 5.91 Å². The Morgan fingerprint density at radius 1 is 1.22 bits per heavy atom. The molecule has 0 aromatic rings. The van der Waals surface area contributed by atoms with E-state index < -0.39 is 11.4 Å². The molecule has 3 rings (SSSR count). The van der Waals surface area contributed by atoms with Crippen LogP contribution in [0.5, 0.6) is 0 Å². The van der Waals surface area contributed by atoms with Gasteiger partial charge in [-0.1, -0.05) is 0 Å². The van der Waals surface area contributed by atoms with Crippen LogP contribution in [0.25, 0.3) is 0 Å². The Hall–Kier alpha value is -1.06. The quantitative estimate of drug-likeness (QED) is 0.813. The van der Waals surface area contributed by atoms with Crippen LogP contribution in [-0.2, 0) is 9.59 Å². The molecule has 1 heterocycles. The summed E-state index contributed by atoms with van der Waals surface area (Å²) < 4.78 is 0. The van der Waals surface area contributed by atoms with Gasteiger partial charge in [-0.2, -0.15) is 0 Å². The van der Waals surface area contributed by atoms with Gasteiger partial charge in [0.1, 0.15) is 0 Å². The number of likely N-dealkylation sites (tertiary alicyclic amines) is 1. The first-order valence-electron chi connectivity index (χ1n) is 7.02. The Kier molecular flexibility index (Phi) is 2.65. The van der Waals surface area contributed by atoms with Crippen molar-refractivity contribution >= 4 is 11.9 Å². The summed E-state index contributed by atoms with van der Waals surface area (Å²) in [5.74, 6) is 1.23. The SMILES string of the molecule is CC1(C(=O)O)CCCN(C(=O)C2CC3CC3C2)C1. The molecule has 1 N–H and O–H groups in total. The van der Waals surface area contributed by atoms with Gasteiger partial charge in [0.05, 0.1) is 5.41 Å². The molecule has 3 aliphatic rings. The van der Waals surface area contributed by atoms with E-state index in [0.717, 1.165) is 37.6 Å². The lowest BCUT2D eigenvalue weighted by molar-refractivity contribution is -0.154. The normalized spacial score (nSPS) is 42.5. The number of hydrogen-bond donors (Lipinski definition) is 1. The zero-order chi connectivity index (χ0) is 12.9. The fourth-order valence-electron chi connectivity index (χ4n) is 3.78. The van der Waals surface area contributed by atoms with E-state index in [1.165, 1.54) is 6.42 Å². The molecule has 0 spiro atoms. The molecule has 0 bridgehead atoms. The van der Waals surface area contributed by atoms with Gasteiger partial charge in [-0.15, -0.1) is 0 Å². The van der Waals surface area contributed by atoms with Crippen LogP contribution in [0.3, 0.4) is 0 Å². The number of carbonyl (C=O) groups excluding carboxylic acids is 1. The van der Waals surface area contributed by atoms with Gasteiger partial charge in [-0.25, -0.2) is 0 Å². The Morgan fingerprint density at radius 2 is 1.89 bits per heavy atom. The molecule has 0 radical (unpaired) electrons. The molecule has 1 saturated heterocycles. The van der Waals surface area contributed by atoms with Gasteiger partial charge in [-0.3, -0.25) is 9.59 Å². The molecule has 1 amide bonds. The highest BCUT2D eigenvalue weighted by Gasteiger charge is 2.50. The maximum atomic E-state index is 12.4. The second-order valence-electron chi connectivity index (χ2n) is 6.65. The van der Waals surface area contributed by atoms with E-state index >= 15 is 0 Å². The number of nitrogens with zero attached hydrogens (tertiary/aromatic N) is 1. The van der Waals surface area contributed by atoms with Gasteiger partial charge < -0.3 is 10.0 Å². The van der Waals surface area contributed by atoms with Gasteiger partial charge >= 0.3 is 5.97 Å². The second-order valence-corrected chi connectivity index (χ2v) is 6.65. The highest BCUT2D eigenvalue weighted by molar-refractivity contribution is 5.81. The third-order valence-electron chi connectivity index (χ3n) is 5.12. The number of rotatable bonds is 2. The van der Waals surface area contributed by atoms with E-state index in [2.05, 4.69) is 0 Å². The minimum atomic E-state index is -0.769. The zero-order valence-electron chi connectivity index (χ0n) is 10.9. The maximum absolute atomic E-state index is 12.4. The molecule has 2 aliphatic carbocycles. The average Bonchev–Trinajstić information content (AvgIpc) is 2.95. The van der Waals surface area contributed by atoms with E-state index in [4.69, 9.17) is 0 Å². The fourth-order valence-corrected chi connectivity index (χ4v) is 3.78. The molecule has 2 saturated carbocycles. The smallest absolute Gasteiger partial charge is 0.311 e. The largest absolute Gasteiger partial charge is 0.481 e. The highest BCUT2D eigenvalue weighted by Crippen LogP contribution is 2.54. The van der Waals surface area contributed by atoms with Gasteiger partial charge in [0.25, 0.3) is 0 Å². The number of piperidine rings is 1. The van der Waals surface area contributed by atoms with Crippen molar-refractivity contribution in [3.8, 4) is 0 Å². The lowest BCUT2D eigenvalue weighted by Crippen LogP contribution is -2.49. The van der Waals surface area contributed by atoms with Crippen molar-refractivity contribution in [3.63, 3.8) is 0 Å². The lowest BCUT2D eigenvalue weighted by Gasteiger charge is -2.38. The first-order chi connectivity index (χ1) is 8.49. The predicted octanol–water partition coefficient (Wildman–Crippen LogP) is 1.75. The predicted molar refractivity (Wildman–Crippen MR) is 65.9 cm³/mol. The van der Waals surface area contributed by atoms with E-state index in [9.17, 15) is 14.7 Å². The molecule has 3 fully saturated rings. The molecule has 3 atom stereocenters. The van der Waals surface area contributed by atoms with Crippen molar-refractivity contribution in [2.75, 3.05) is 13.1 Å². The number of aliphatic carboxylic acids is 1. The number of carboxylic acids is 1. The van der Waals surface area contributed by atoms with E-state index in [0.29, 0.717) is 13.0 Å². The maximum Gasteiger partial charge on any atom is 0.311 e. The van der Waals surface area contributed by atoms with Crippen molar-refractivity contribution in [2.24, 2.45) is 23.2 Å². The molecule has 3 unspecified atom stereocenters. The van der Waals surface area contributed by atoms with Crippen LogP contribution in [0.4, 0.5) is 0 Å². The van der Waals surface area contributed by atoms with E-state index in [-0.39, 0.29) is 11.8 Å². The summed E-state index contributed by atoms with van der Waals surface area (Å²) in [6.45, 7) is 2.90. The van der Waals surface area contributed by atoms with Crippen molar-refractivity contribution in [3.05, 3.63) is 0 Å². The summed E-state index contributed by atoms with van der Waals surface area (Å²) in [5.41, 5.74) is -0.741. The molecule has 100 valence electrons. The molecule has 4 heteroatoms. The summed E-state index contributed by atoms with van der Waals surface area (Å²) in [4.78, 5) is 25.5. The average molecular weight is 251 g/mol. The van der Waals surface area contributed by atoms with E-state index in [1.54, 1.807) is 6.92 Å². The minimum Gasteiger partial charge on any atom is -0.481 e. The van der Waals surface area contributed by atoms with Crippen molar-refractivity contribution < 1.29 is 14.7 Å². The van der Waals surface area contributed by atoms with Crippen molar-refractivity contribution in [1.82, 2.24) is 4.90 Å². The third kappa shape index (κ3) is 1.91. The van der Waals surface area contributed by atoms with Crippen LogP contribution >= 0.6 is 0 Å². The Balaban J connectivity index is 1.65. The Bertz CT molecular complexity index is 385. The molecular formula is C14H21NO3. The third-order valence-corrected chi connectivity index (χ3v) is 5.12. The first-order valence-corrected chi connectivity index (χ1v) is 7.02. The first kappa shape index (κ1) is 12.0. The van der Waals surface area contributed by atoms with Crippen molar-refractivity contribution in [2.45, 2.75) is 39.0 Å². The second kappa shape index (κ2) is 3.97. The van der Waals surface area contributed by atoms with Crippen LogP contribution in [0, 0.1) is 23.2 Å². The molecule has 0 aromatic heterocycles. The molecule has 4 nitrogen and oxygen atoms in total. The fraction of sp³-hybridized carbons (Fsp3) is 0.857. The lowest BCUT2D eigenvalue weighted by atomic mass is 9.81. The van der Waals surface area contributed by atoms with Gasteiger partial charge in [0.15, 0.2) is 0 Å². The van der Waals surface area contributed by atoms with Crippen LogP contribution in [0.15, 0.2) is 0 Å². The number of carbonyl (C=O) groups is 2. The highest BCUT2D eigenvalue weighted by atomic mass is 16.4. The zero-order valence-corrected chi connectivity index (χ0v) is 10.9. The van der Waals surface area contributed by atoms with Crippen LogP contribution in [0.1, 0.15) is 39.0 Å². The summed E-state index contributed by atoms with van der Waals surface area (Å²) >= 11 is 0. The van der Waals surface area contributed by atoms with Gasteiger partial charge in [-0.05, 0) is 50.9 Å². The monoisotopic (exact) mass is 251 g/mol. The molecule has 0 aromatic carbocycles. The summed E-state index contributed by atoms with van der Waals surface area (Å²) in [6, 6.07) is 0. The molecule has 1 aliphatic heterocycles. The molecular weight excluding hydrogens is 230 g/mol. The Morgan fingerprint density at radius 3 is 2.50 bits per heavy atom. The van der Waals surface area contributed by atoms with Gasteiger partial charge in [0, 0.05) is 19.0 Å². The topological polar surface area (TPSA) is 57.6 Å². The standard InChI is InChI=1S/C14H21NO3/c1-14(13(17)18)3-2-4-15(8-14)12(16)11-6-9-5-10(9)7-11/h9-11H,2-8H2,1H3,(H,17,18). The van der Waals surface area contributed by atoms with Crippen LogP contribution in [0.2, 0.25) is 0 Å².